The molecule has 0 spiro atoms. The van der Waals surface area contributed by atoms with E-state index in [4.69, 9.17) is 0 Å². The van der Waals surface area contributed by atoms with Gasteiger partial charge >= 0.3 is 5.97 Å². The molecule has 0 saturated heterocycles. The number of pyridine rings is 1. The Morgan fingerprint density at radius 1 is 1.27 bits per heavy atom. The fraction of sp³-hybridized carbons (Fsp3) is 0.333. The van der Waals surface area contributed by atoms with Crippen LogP contribution in [0.1, 0.15) is 36.0 Å². The number of rotatable bonds is 3. The number of nitrogens with one attached hydrogen (secondary N) is 1. The second-order valence-electron chi connectivity index (χ2n) is 5.45. The summed E-state index contributed by atoms with van der Waals surface area (Å²) in [6.07, 6.45) is 4.93. The third kappa shape index (κ3) is 2.24. The smallest absolute Gasteiger partial charge is 0.329 e. The van der Waals surface area contributed by atoms with Crippen molar-refractivity contribution in [2.24, 2.45) is 0 Å². The first-order chi connectivity index (χ1) is 10.5. The van der Waals surface area contributed by atoms with Gasteiger partial charge in [-0.15, -0.1) is 0 Å². The molecule has 0 atom stereocenters. The van der Waals surface area contributed by atoms with Gasteiger partial charge in [-0.3, -0.25) is 14.0 Å². The molecule has 0 radical (unpaired) electrons. The number of carboxylic acid groups (broad SMARTS) is 1. The van der Waals surface area contributed by atoms with Crippen LogP contribution in [-0.4, -0.2) is 31.9 Å². The van der Waals surface area contributed by atoms with Gasteiger partial charge in [0.2, 0.25) is 0 Å². The Labute approximate surface area is 125 Å². The summed E-state index contributed by atoms with van der Waals surface area (Å²) in [4.78, 5) is 40.2. The minimum absolute atomic E-state index is 0.156. The van der Waals surface area contributed by atoms with Crippen LogP contribution in [0.4, 0.5) is 0 Å². The molecule has 2 aromatic rings. The van der Waals surface area contributed by atoms with Crippen LogP contribution in [0.2, 0.25) is 0 Å². The highest BCUT2D eigenvalue weighted by Gasteiger charge is 2.43. The van der Waals surface area contributed by atoms with Crippen molar-refractivity contribution < 1.29 is 14.7 Å². The summed E-state index contributed by atoms with van der Waals surface area (Å²) in [7, 11) is 0. The molecule has 3 rings (SSSR count). The molecule has 7 heteroatoms. The second-order valence-corrected chi connectivity index (χ2v) is 5.45. The highest BCUT2D eigenvalue weighted by molar-refractivity contribution is 5.97. The van der Waals surface area contributed by atoms with Crippen molar-refractivity contribution in [2.75, 3.05) is 0 Å². The minimum atomic E-state index is -1.28. The van der Waals surface area contributed by atoms with Crippen molar-refractivity contribution in [2.45, 2.75) is 31.2 Å². The van der Waals surface area contributed by atoms with Gasteiger partial charge in [0.05, 0.1) is 0 Å². The second kappa shape index (κ2) is 5.25. The van der Waals surface area contributed by atoms with Gasteiger partial charge < -0.3 is 10.4 Å². The number of carboxylic acids is 1. The maximum absolute atomic E-state index is 12.3. The third-order valence-corrected chi connectivity index (χ3v) is 4.08. The summed E-state index contributed by atoms with van der Waals surface area (Å²) in [5.41, 5.74) is -1.52. The number of aliphatic carboxylic acids is 1. The number of carbonyl (C=O) groups is 2. The van der Waals surface area contributed by atoms with E-state index in [9.17, 15) is 19.5 Å². The molecule has 7 nitrogen and oxygen atoms in total. The lowest BCUT2D eigenvalue weighted by molar-refractivity contribution is -0.144. The number of fused-ring (bicyclic) bond motifs is 1. The van der Waals surface area contributed by atoms with E-state index in [1.807, 2.05) is 0 Å². The van der Waals surface area contributed by atoms with E-state index in [-0.39, 0.29) is 5.56 Å². The Morgan fingerprint density at radius 2 is 2.00 bits per heavy atom. The topological polar surface area (TPSA) is 101 Å². The first-order valence-electron chi connectivity index (χ1n) is 7.06. The van der Waals surface area contributed by atoms with E-state index in [0.717, 1.165) is 12.8 Å². The Hall–Kier alpha value is -2.70. The van der Waals surface area contributed by atoms with E-state index in [0.29, 0.717) is 18.5 Å². The van der Waals surface area contributed by atoms with Crippen molar-refractivity contribution >= 4 is 17.5 Å². The average molecular weight is 301 g/mol. The standard InChI is InChI=1S/C15H15N3O4/c19-12(17-15(14(21)22)6-2-3-7-15)10-9-16-11-5-1-4-8-18(11)13(10)20/h1,4-5,8-9H,2-3,6-7H2,(H,17,19)(H,21,22). The molecule has 1 aliphatic rings. The van der Waals surface area contributed by atoms with Crippen molar-refractivity contribution in [3.63, 3.8) is 0 Å². The Kier molecular flexibility index (Phi) is 3.40. The highest BCUT2D eigenvalue weighted by Crippen LogP contribution is 2.30. The van der Waals surface area contributed by atoms with E-state index < -0.39 is 23.0 Å². The molecule has 0 unspecified atom stereocenters. The largest absolute Gasteiger partial charge is 0.480 e. The van der Waals surface area contributed by atoms with Gasteiger partial charge in [0.25, 0.3) is 11.5 Å². The van der Waals surface area contributed by atoms with Crippen LogP contribution in [0.15, 0.2) is 35.4 Å². The normalized spacial score (nSPS) is 16.5. The van der Waals surface area contributed by atoms with Crippen LogP contribution in [0.3, 0.4) is 0 Å². The Bertz CT molecular complexity index is 806. The number of carbonyl (C=O) groups excluding carboxylic acids is 1. The van der Waals surface area contributed by atoms with Crippen LogP contribution in [0.5, 0.6) is 0 Å². The molecule has 2 N–H and O–H groups in total. The summed E-state index contributed by atoms with van der Waals surface area (Å²) in [6.45, 7) is 0. The van der Waals surface area contributed by atoms with Gasteiger partial charge in [-0.05, 0) is 25.0 Å². The lowest BCUT2D eigenvalue weighted by atomic mass is 9.97. The predicted octanol–water partition coefficient (Wildman–Crippen LogP) is 0.822. The van der Waals surface area contributed by atoms with Crippen molar-refractivity contribution in [3.05, 3.63) is 46.5 Å². The zero-order chi connectivity index (χ0) is 15.7. The van der Waals surface area contributed by atoms with Gasteiger partial charge in [-0.25, -0.2) is 9.78 Å². The van der Waals surface area contributed by atoms with E-state index >= 15 is 0 Å². The zero-order valence-corrected chi connectivity index (χ0v) is 11.8. The summed E-state index contributed by atoms with van der Waals surface area (Å²) in [6, 6.07) is 5.05. The molecule has 2 aromatic heterocycles. The average Bonchev–Trinajstić information content (AvgIpc) is 2.97. The molecule has 1 amide bonds. The van der Waals surface area contributed by atoms with Crippen LogP contribution in [-0.2, 0) is 4.79 Å². The molecule has 0 bridgehead atoms. The zero-order valence-electron chi connectivity index (χ0n) is 11.8. The first kappa shape index (κ1) is 14.2. The molecular weight excluding hydrogens is 286 g/mol. The van der Waals surface area contributed by atoms with Crippen LogP contribution >= 0.6 is 0 Å². The summed E-state index contributed by atoms with van der Waals surface area (Å²) >= 11 is 0. The SMILES string of the molecule is O=C(NC1(C(=O)O)CCCC1)c1cnc2ccccn2c1=O. The maximum atomic E-state index is 12.3. The Balaban J connectivity index is 1.97. The van der Waals surface area contributed by atoms with Gasteiger partial charge in [0.1, 0.15) is 16.7 Å². The van der Waals surface area contributed by atoms with Gasteiger partial charge in [-0.2, -0.15) is 0 Å². The minimum Gasteiger partial charge on any atom is -0.480 e. The molecular formula is C15H15N3O4. The monoisotopic (exact) mass is 301 g/mol. The predicted molar refractivity (Wildman–Crippen MR) is 77.8 cm³/mol. The van der Waals surface area contributed by atoms with Gasteiger partial charge in [-0.1, -0.05) is 18.9 Å². The third-order valence-electron chi connectivity index (χ3n) is 4.08. The number of amides is 1. The molecule has 0 aliphatic heterocycles. The van der Waals surface area contributed by atoms with Gasteiger partial charge in [0, 0.05) is 12.4 Å². The quantitative estimate of drug-likeness (QED) is 0.874. The summed E-state index contributed by atoms with van der Waals surface area (Å²) in [5.74, 6) is -1.76. The number of hydrogen-bond donors (Lipinski definition) is 2. The highest BCUT2D eigenvalue weighted by atomic mass is 16.4. The van der Waals surface area contributed by atoms with E-state index in [2.05, 4.69) is 10.3 Å². The summed E-state index contributed by atoms with van der Waals surface area (Å²) in [5, 5.41) is 11.9. The molecule has 0 aromatic carbocycles. The lowest BCUT2D eigenvalue weighted by Gasteiger charge is -2.25. The van der Waals surface area contributed by atoms with Crippen molar-refractivity contribution in [3.8, 4) is 0 Å². The Morgan fingerprint density at radius 3 is 2.68 bits per heavy atom. The number of aromatic nitrogens is 2. The summed E-state index contributed by atoms with van der Waals surface area (Å²) < 4.78 is 1.26. The van der Waals surface area contributed by atoms with E-state index in [1.54, 1.807) is 18.2 Å². The maximum Gasteiger partial charge on any atom is 0.329 e. The van der Waals surface area contributed by atoms with Crippen LogP contribution < -0.4 is 10.9 Å². The molecule has 114 valence electrons. The molecule has 22 heavy (non-hydrogen) atoms. The van der Waals surface area contributed by atoms with E-state index in [1.165, 1.54) is 16.8 Å². The van der Waals surface area contributed by atoms with Crippen molar-refractivity contribution in [1.82, 2.24) is 14.7 Å². The first-order valence-corrected chi connectivity index (χ1v) is 7.06. The number of nitrogens with zero attached hydrogens (tertiary/aromatic N) is 2. The molecule has 1 saturated carbocycles. The molecule has 1 fully saturated rings. The fourth-order valence-corrected chi connectivity index (χ4v) is 2.84. The fourth-order valence-electron chi connectivity index (χ4n) is 2.84. The molecule has 2 heterocycles. The van der Waals surface area contributed by atoms with Crippen LogP contribution in [0, 0.1) is 0 Å². The molecule has 1 aliphatic carbocycles. The van der Waals surface area contributed by atoms with Crippen LogP contribution in [0.25, 0.3) is 5.65 Å². The lowest BCUT2D eigenvalue weighted by Crippen LogP contribution is -2.53. The van der Waals surface area contributed by atoms with Crippen molar-refractivity contribution in [1.29, 1.82) is 0 Å². The number of hydrogen-bond acceptors (Lipinski definition) is 4. The van der Waals surface area contributed by atoms with Gasteiger partial charge in [0.15, 0.2) is 0 Å².